The van der Waals surface area contributed by atoms with Gasteiger partial charge in [-0.05, 0) is 56.2 Å². The van der Waals surface area contributed by atoms with Crippen molar-refractivity contribution in [1.29, 1.82) is 0 Å². The van der Waals surface area contributed by atoms with Crippen LogP contribution >= 0.6 is 0 Å². The quantitative estimate of drug-likeness (QED) is 0.770. The summed E-state index contributed by atoms with van der Waals surface area (Å²) in [4.78, 5) is 0. The minimum absolute atomic E-state index is 0.728. The summed E-state index contributed by atoms with van der Waals surface area (Å²) in [5.74, 6) is 0.775. The molecule has 1 saturated carbocycles. The maximum Gasteiger partial charge on any atom is 0.00787 e. The largest absolute Gasteiger partial charge is 0.314 e. The predicted octanol–water partition coefficient (Wildman–Crippen LogP) is 4.46. The first-order valence-electron chi connectivity index (χ1n) is 8.15. The van der Waals surface area contributed by atoms with E-state index in [2.05, 4.69) is 66.8 Å². The molecule has 1 nitrogen and oxygen atoms in total. The van der Waals surface area contributed by atoms with E-state index < -0.39 is 0 Å². The van der Waals surface area contributed by atoms with Crippen molar-refractivity contribution < 1.29 is 0 Å². The summed E-state index contributed by atoms with van der Waals surface area (Å²) < 4.78 is 0. The van der Waals surface area contributed by atoms with Crippen LogP contribution in [0.5, 0.6) is 0 Å². The third-order valence-corrected chi connectivity index (χ3v) is 4.57. The van der Waals surface area contributed by atoms with E-state index in [4.69, 9.17) is 0 Å². The molecule has 2 aromatic carbocycles. The van der Waals surface area contributed by atoms with E-state index in [1.54, 1.807) is 0 Å². The fourth-order valence-corrected chi connectivity index (χ4v) is 3.22. The Labute approximate surface area is 128 Å². The lowest BCUT2D eigenvalue weighted by molar-refractivity contribution is 0.290. The van der Waals surface area contributed by atoms with Crippen LogP contribution in [0.4, 0.5) is 0 Å². The van der Waals surface area contributed by atoms with Crippen molar-refractivity contribution in [1.82, 2.24) is 5.32 Å². The number of aryl methyl sites for hydroxylation is 2. The minimum atomic E-state index is 0.728. The van der Waals surface area contributed by atoms with E-state index >= 15 is 0 Å². The van der Waals surface area contributed by atoms with Gasteiger partial charge in [0.2, 0.25) is 0 Å². The van der Waals surface area contributed by atoms with Gasteiger partial charge in [-0.25, -0.2) is 0 Å². The van der Waals surface area contributed by atoms with E-state index in [-0.39, 0.29) is 0 Å². The fraction of sp³-hybridized carbons (Fsp3) is 0.400. The number of hydrogen-bond acceptors (Lipinski definition) is 1. The van der Waals surface area contributed by atoms with Crippen molar-refractivity contribution in [2.45, 2.75) is 44.6 Å². The number of benzene rings is 2. The molecule has 21 heavy (non-hydrogen) atoms. The smallest absolute Gasteiger partial charge is 0.00787 e. The maximum atomic E-state index is 3.70. The maximum absolute atomic E-state index is 3.70. The fourth-order valence-electron chi connectivity index (χ4n) is 3.22. The average Bonchev–Trinajstić information content (AvgIpc) is 2.46. The SMILES string of the molecule is Cc1cccc(C2CC(NCCCc3ccccc3)C2)c1. The van der Waals surface area contributed by atoms with Gasteiger partial charge >= 0.3 is 0 Å². The summed E-state index contributed by atoms with van der Waals surface area (Å²) in [7, 11) is 0. The Morgan fingerprint density at radius 1 is 1.00 bits per heavy atom. The van der Waals surface area contributed by atoms with Crippen LogP contribution in [-0.2, 0) is 6.42 Å². The molecule has 1 aliphatic rings. The van der Waals surface area contributed by atoms with Gasteiger partial charge in [-0.3, -0.25) is 0 Å². The molecule has 1 N–H and O–H groups in total. The highest BCUT2D eigenvalue weighted by Gasteiger charge is 2.29. The summed E-state index contributed by atoms with van der Waals surface area (Å²) in [6.07, 6.45) is 5.01. The third-order valence-electron chi connectivity index (χ3n) is 4.57. The molecule has 0 spiro atoms. The van der Waals surface area contributed by atoms with Crippen LogP contribution in [0.1, 0.15) is 41.9 Å². The van der Waals surface area contributed by atoms with Gasteiger partial charge in [-0.2, -0.15) is 0 Å². The van der Waals surface area contributed by atoms with E-state index in [0.29, 0.717) is 0 Å². The van der Waals surface area contributed by atoms with E-state index in [1.807, 2.05) is 0 Å². The molecular formula is C20H25N. The molecule has 1 aliphatic carbocycles. The van der Waals surface area contributed by atoms with Gasteiger partial charge in [0.05, 0.1) is 0 Å². The molecule has 2 aromatic rings. The molecule has 0 saturated heterocycles. The van der Waals surface area contributed by atoms with Crippen LogP contribution in [0.3, 0.4) is 0 Å². The lowest BCUT2D eigenvalue weighted by Gasteiger charge is -2.36. The van der Waals surface area contributed by atoms with Crippen molar-refractivity contribution in [2.75, 3.05) is 6.54 Å². The van der Waals surface area contributed by atoms with E-state index in [9.17, 15) is 0 Å². The van der Waals surface area contributed by atoms with Gasteiger partial charge in [0.1, 0.15) is 0 Å². The molecular weight excluding hydrogens is 254 g/mol. The lowest BCUT2D eigenvalue weighted by atomic mass is 9.75. The molecule has 0 bridgehead atoms. The third kappa shape index (κ3) is 3.95. The minimum Gasteiger partial charge on any atom is -0.314 e. The summed E-state index contributed by atoms with van der Waals surface area (Å²) in [5, 5.41) is 3.70. The van der Waals surface area contributed by atoms with Crippen LogP contribution < -0.4 is 5.32 Å². The zero-order valence-corrected chi connectivity index (χ0v) is 12.9. The monoisotopic (exact) mass is 279 g/mol. The molecule has 0 heterocycles. The highest BCUT2D eigenvalue weighted by molar-refractivity contribution is 5.27. The molecule has 0 radical (unpaired) electrons. The van der Waals surface area contributed by atoms with Crippen molar-refractivity contribution in [3.05, 3.63) is 71.3 Å². The summed E-state index contributed by atoms with van der Waals surface area (Å²) in [6.45, 7) is 3.32. The summed E-state index contributed by atoms with van der Waals surface area (Å²) in [6, 6.07) is 20.5. The van der Waals surface area contributed by atoms with Crippen LogP contribution in [-0.4, -0.2) is 12.6 Å². The normalized spacial score (nSPS) is 21.0. The van der Waals surface area contributed by atoms with Crippen LogP contribution in [0.2, 0.25) is 0 Å². The second-order valence-corrected chi connectivity index (χ2v) is 6.32. The highest BCUT2D eigenvalue weighted by atomic mass is 14.9. The zero-order valence-electron chi connectivity index (χ0n) is 12.9. The molecule has 0 amide bonds. The molecule has 0 aromatic heterocycles. The summed E-state index contributed by atoms with van der Waals surface area (Å²) >= 11 is 0. The van der Waals surface area contributed by atoms with Crippen molar-refractivity contribution in [3.8, 4) is 0 Å². The van der Waals surface area contributed by atoms with Crippen molar-refractivity contribution in [2.24, 2.45) is 0 Å². The van der Waals surface area contributed by atoms with Gasteiger partial charge in [-0.1, -0.05) is 60.2 Å². The summed E-state index contributed by atoms with van der Waals surface area (Å²) in [5.41, 5.74) is 4.36. The molecule has 0 atom stereocenters. The number of hydrogen-bond donors (Lipinski definition) is 1. The second-order valence-electron chi connectivity index (χ2n) is 6.32. The first-order valence-corrected chi connectivity index (χ1v) is 8.15. The van der Waals surface area contributed by atoms with Gasteiger partial charge in [-0.15, -0.1) is 0 Å². The molecule has 110 valence electrons. The van der Waals surface area contributed by atoms with Crippen molar-refractivity contribution in [3.63, 3.8) is 0 Å². The Kier molecular flexibility index (Phi) is 4.72. The predicted molar refractivity (Wildman–Crippen MR) is 89.7 cm³/mol. The molecule has 3 rings (SSSR count). The van der Waals surface area contributed by atoms with E-state index in [1.165, 1.54) is 42.4 Å². The second kappa shape index (κ2) is 6.91. The Hall–Kier alpha value is -1.60. The van der Waals surface area contributed by atoms with Crippen molar-refractivity contribution >= 4 is 0 Å². The molecule has 1 fully saturated rings. The first-order chi connectivity index (χ1) is 10.3. The highest BCUT2D eigenvalue weighted by Crippen LogP contribution is 2.36. The first kappa shape index (κ1) is 14.3. The molecule has 1 heteroatoms. The Morgan fingerprint density at radius 2 is 1.81 bits per heavy atom. The average molecular weight is 279 g/mol. The van der Waals surface area contributed by atoms with Gasteiger partial charge in [0.15, 0.2) is 0 Å². The Bertz CT molecular complexity index is 555. The topological polar surface area (TPSA) is 12.0 Å². The lowest BCUT2D eigenvalue weighted by Crippen LogP contribution is -2.40. The number of rotatable bonds is 6. The van der Waals surface area contributed by atoms with Gasteiger partial charge in [0.25, 0.3) is 0 Å². The van der Waals surface area contributed by atoms with Crippen LogP contribution in [0.25, 0.3) is 0 Å². The zero-order chi connectivity index (χ0) is 14.5. The number of nitrogens with one attached hydrogen (secondary N) is 1. The van der Waals surface area contributed by atoms with Crippen LogP contribution in [0.15, 0.2) is 54.6 Å². The standard InChI is InChI=1S/C20H25N/c1-16-7-5-11-18(13-16)19-14-20(15-19)21-12-6-10-17-8-3-2-4-9-17/h2-5,7-9,11,13,19-21H,6,10,12,14-15H2,1H3. The molecule has 0 unspecified atom stereocenters. The van der Waals surface area contributed by atoms with E-state index in [0.717, 1.165) is 18.5 Å². The molecule has 0 aliphatic heterocycles. The van der Waals surface area contributed by atoms with Gasteiger partial charge in [0, 0.05) is 6.04 Å². The van der Waals surface area contributed by atoms with Gasteiger partial charge < -0.3 is 5.32 Å². The van der Waals surface area contributed by atoms with Crippen LogP contribution in [0, 0.1) is 6.92 Å². The Morgan fingerprint density at radius 3 is 2.57 bits per heavy atom. The Balaban J connectivity index is 1.34.